The highest BCUT2D eigenvalue weighted by Gasteiger charge is 2.30. The van der Waals surface area contributed by atoms with Crippen LogP contribution in [0.3, 0.4) is 0 Å². The van der Waals surface area contributed by atoms with Gasteiger partial charge in [-0.25, -0.2) is 4.39 Å². The average molecular weight is 337 g/mol. The lowest BCUT2D eigenvalue weighted by molar-refractivity contribution is -0.126. The van der Waals surface area contributed by atoms with E-state index in [9.17, 15) is 14.3 Å². The molecule has 1 heterocycles. The van der Waals surface area contributed by atoms with Gasteiger partial charge in [0.2, 0.25) is 5.91 Å². The monoisotopic (exact) mass is 337 g/mol. The van der Waals surface area contributed by atoms with Gasteiger partial charge in [0, 0.05) is 11.4 Å². The predicted octanol–water partition coefficient (Wildman–Crippen LogP) is 2.72. The maximum atomic E-state index is 12.8. The SMILES string of the molecule is CC(C)(C(=O)NC[C@H](O)COc1ccc(F)cc1)c1cccs1. The van der Waals surface area contributed by atoms with Gasteiger partial charge in [0.15, 0.2) is 0 Å². The molecule has 0 saturated heterocycles. The van der Waals surface area contributed by atoms with Crippen molar-refractivity contribution in [1.29, 1.82) is 0 Å². The van der Waals surface area contributed by atoms with E-state index in [4.69, 9.17) is 4.74 Å². The molecular formula is C17H20FNO3S. The van der Waals surface area contributed by atoms with Gasteiger partial charge in [-0.2, -0.15) is 0 Å². The Balaban J connectivity index is 1.78. The number of ether oxygens (including phenoxy) is 1. The molecule has 2 N–H and O–H groups in total. The summed E-state index contributed by atoms with van der Waals surface area (Å²) in [6, 6.07) is 9.36. The average Bonchev–Trinajstić information content (AvgIpc) is 3.07. The maximum absolute atomic E-state index is 12.8. The molecule has 2 rings (SSSR count). The topological polar surface area (TPSA) is 58.6 Å². The highest BCUT2D eigenvalue weighted by Crippen LogP contribution is 2.27. The number of nitrogens with one attached hydrogen (secondary N) is 1. The first-order valence-electron chi connectivity index (χ1n) is 7.28. The van der Waals surface area contributed by atoms with E-state index in [0.29, 0.717) is 5.75 Å². The fourth-order valence-electron chi connectivity index (χ4n) is 1.96. The molecule has 124 valence electrons. The van der Waals surface area contributed by atoms with Crippen LogP contribution in [-0.2, 0) is 10.2 Å². The van der Waals surface area contributed by atoms with E-state index < -0.39 is 11.5 Å². The van der Waals surface area contributed by atoms with Crippen molar-refractivity contribution in [1.82, 2.24) is 5.32 Å². The number of aliphatic hydroxyl groups excluding tert-OH is 1. The number of hydrogen-bond acceptors (Lipinski definition) is 4. The van der Waals surface area contributed by atoms with Gasteiger partial charge >= 0.3 is 0 Å². The fraction of sp³-hybridized carbons (Fsp3) is 0.353. The van der Waals surface area contributed by atoms with Gasteiger partial charge in [-0.3, -0.25) is 4.79 Å². The molecule has 2 aromatic rings. The van der Waals surface area contributed by atoms with E-state index in [0.717, 1.165) is 4.88 Å². The molecule has 0 aliphatic heterocycles. The highest BCUT2D eigenvalue weighted by molar-refractivity contribution is 7.10. The Morgan fingerprint density at radius 1 is 1.35 bits per heavy atom. The van der Waals surface area contributed by atoms with Crippen LogP contribution in [0.25, 0.3) is 0 Å². The van der Waals surface area contributed by atoms with E-state index in [2.05, 4.69) is 5.32 Å². The van der Waals surface area contributed by atoms with Crippen molar-refractivity contribution in [2.24, 2.45) is 0 Å². The zero-order chi connectivity index (χ0) is 16.9. The molecule has 0 unspecified atom stereocenters. The van der Waals surface area contributed by atoms with Crippen molar-refractivity contribution < 1.29 is 19.0 Å². The van der Waals surface area contributed by atoms with Crippen LogP contribution in [0.15, 0.2) is 41.8 Å². The van der Waals surface area contributed by atoms with Crippen LogP contribution in [0.1, 0.15) is 18.7 Å². The van der Waals surface area contributed by atoms with Crippen molar-refractivity contribution >= 4 is 17.2 Å². The van der Waals surface area contributed by atoms with Crippen LogP contribution in [0.2, 0.25) is 0 Å². The minimum Gasteiger partial charge on any atom is -0.491 e. The molecule has 0 radical (unpaired) electrons. The van der Waals surface area contributed by atoms with Gasteiger partial charge in [-0.15, -0.1) is 11.3 Å². The van der Waals surface area contributed by atoms with E-state index >= 15 is 0 Å². The standard InChI is InChI=1S/C17H20FNO3S/c1-17(2,15-4-3-9-23-15)16(21)19-10-13(20)11-22-14-7-5-12(18)6-8-14/h3-9,13,20H,10-11H2,1-2H3,(H,19,21)/t13-/m0/s1. The molecule has 0 bridgehead atoms. The number of amides is 1. The minimum atomic E-state index is -0.844. The normalized spacial score (nSPS) is 12.7. The summed E-state index contributed by atoms with van der Waals surface area (Å²) in [7, 11) is 0. The smallest absolute Gasteiger partial charge is 0.231 e. The lowest BCUT2D eigenvalue weighted by Gasteiger charge is -2.23. The third-order valence-corrected chi connectivity index (χ3v) is 4.65. The van der Waals surface area contributed by atoms with Gasteiger partial charge in [0.25, 0.3) is 0 Å². The molecule has 1 atom stereocenters. The predicted molar refractivity (Wildman–Crippen MR) is 88.3 cm³/mol. The number of aliphatic hydroxyl groups is 1. The summed E-state index contributed by atoms with van der Waals surface area (Å²) in [6.45, 7) is 3.80. The molecule has 23 heavy (non-hydrogen) atoms. The largest absolute Gasteiger partial charge is 0.491 e. The van der Waals surface area contributed by atoms with Gasteiger partial charge in [0.1, 0.15) is 24.3 Å². The number of rotatable bonds is 7. The highest BCUT2D eigenvalue weighted by atomic mass is 32.1. The molecule has 4 nitrogen and oxygen atoms in total. The zero-order valence-corrected chi connectivity index (χ0v) is 13.9. The molecule has 6 heteroatoms. The summed E-state index contributed by atoms with van der Waals surface area (Å²) in [4.78, 5) is 13.2. The Bertz CT molecular complexity index is 626. The van der Waals surface area contributed by atoms with Crippen molar-refractivity contribution in [2.45, 2.75) is 25.4 Å². The summed E-state index contributed by atoms with van der Waals surface area (Å²) >= 11 is 1.52. The van der Waals surface area contributed by atoms with Crippen LogP contribution < -0.4 is 10.1 Å². The number of thiophene rings is 1. The Morgan fingerprint density at radius 2 is 2.04 bits per heavy atom. The molecule has 0 spiro atoms. The molecular weight excluding hydrogens is 317 g/mol. The van der Waals surface area contributed by atoms with E-state index in [1.54, 1.807) is 0 Å². The van der Waals surface area contributed by atoms with Crippen LogP contribution in [0.5, 0.6) is 5.75 Å². The second-order valence-electron chi connectivity index (χ2n) is 5.73. The molecule has 1 amide bonds. The number of carbonyl (C=O) groups excluding carboxylic acids is 1. The number of hydrogen-bond donors (Lipinski definition) is 2. The first-order chi connectivity index (χ1) is 10.9. The summed E-state index contributed by atoms with van der Waals surface area (Å²) in [6.07, 6.45) is -0.844. The molecule has 1 aromatic heterocycles. The van der Waals surface area contributed by atoms with E-state index in [-0.39, 0.29) is 24.9 Å². The molecule has 1 aromatic carbocycles. The van der Waals surface area contributed by atoms with Gasteiger partial charge in [-0.05, 0) is 49.6 Å². The van der Waals surface area contributed by atoms with Gasteiger partial charge in [0.05, 0.1) is 5.41 Å². The third kappa shape index (κ3) is 4.77. The van der Waals surface area contributed by atoms with Crippen LogP contribution in [-0.4, -0.2) is 30.3 Å². The molecule has 0 saturated carbocycles. The Kier molecular flexibility index (Phi) is 5.74. The Labute approximate surface area is 138 Å². The van der Waals surface area contributed by atoms with Crippen molar-refractivity contribution in [3.63, 3.8) is 0 Å². The molecule has 0 aliphatic carbocycles. The summed E-state index contributed by atoms with van der Waals surface area (Å²) in [5.74, 6) is -0.0301. The van der Waals surface area contributed by atoms with Crippen LogP contribution in [0, 0.1) is 5.82 Å². The number of benzene rings is 1. The Hall–Kier alpha value is -1.92. The van der Waals surface area contributed by atoms with Crippen LogP contribution in [0.4, 0.5) is 4.39 Å². The van der Waals surface area contributed by atoms with Crippen molar-refractivity contribution in [2.75, 3.05) is 13.2 Å². The zero-order valence-electron chi connectivity index (χ0n) is 13.1. The molecule has 0 aliphatic rings. The maximum Gasteiger partial charge on any atom is 0.231 e. The van der Waals surface area contributed by atoms with Crippen molar-refractivity contribution in [3.05, 3.63) is 52.5 Å². The fourth-order valence-corrected chi connectivity index (χ4v) is 2.81. The molecule has 0 fully saturated rings. The minimum absolute atomic E-state index is 0.0192. The number of carbonyl (C=O) groups is 1. The van der Waals surface area contributed by atoms with Gasteiger partial charge in [-0.1, -0.05) is 6.07 Å². The van der Waals surface area contributed by atoms with Crippen molar-refractivity contribution in [3.8, 4) is 5.75 Å². The summed E-state index contributed by atoms with van der Waals surface area (Å²) in [5, 5.41) is 14.6. The summed E-state index contributed by atoms with van der Waals surface area (Å²) < 4.78 is 18.1. The van der Waals surface area contributed by atoms with Gasteiger partial charge < -0.3 is 15.2 Å². The first kappa shape index (κ1) is 17.4. The summed E-state index contributed by atoms with van der Waals surface area (Å²) in [5.41, 5.74) is -0.647. The quantitative estimate of drug-likeness (QED) is 0.817. The lowest BCUT2D eigenvalue weighted by Crippen LogP contribution is -2.43. The second kappa shape index (κ2) is 7.57. The Morgan fingerprint density at radius 3 is 2.65 bits per heavy atom. The third-order valence-electron chi connectivity index (χ3n) is 3.46. The lowest BCUT2D eigenvalue weighted by atomic mass is 9.90. The first-order valence-corrected chi connectivity index (χ1v) is 8.16. The number of halogens is 1. The second-order valence-corrected chi connectivity index (χ2v) is 6.68. The van der Waals surface area contributed by atoms with E-state index in [1.807, 2.05) is 31.4 Å². The van der Waals surface area contributed by atoms with Crippen LogP contribution >= 0.6 is 11.3 Å². The van der Waals surface area contributed by atoms with E-state index in [1.165, 1.54) is 35.6 Å².